The molecule has 2 aromatic heterocycles. The zero-order valence-corrected chi connectivity index (χ0v) is 21.6. The molecule has 1 aliphatic rings. The number of pyridine rings is 1. The fourth-order valence-corrected chi connectivity index (χ4v) is 6.36. The Morgan fingerprint density at radius 3 is 2.28 bits per heavy atom. The van der Waals surface area contributed by atoms with E-state index in [1.54, 1.807) is 0 Å². The minimum Gasteiger partial charge on any atom is -0.371 e. The van der Waals surface area contributed by atoms with E-state index in [4.69, 9.17) is 10.1 Å². The highest BCUT2D eigenvalue weighted by Gasteiger charge is 2.24. The normalized spacial score (nSPS) is 15.6. The van der Waals surface area contributed by atoms with Crippen LogP contribution in [0.25, 0.3) is 16.7 Å². The van der Waals surface area contributed by atoms with Gasteiger partial charge in [0.1, 0.15) is 5.65 Å². The van der Waals surface area contributed by atoms with Gasteiger partial charge in [-0.2, -0.15) is 0 Å². The maximum absolute atomic E-state index is 11.3. The second kappa shape index (κ2) is 8.80. The first kappa shape index (κ1) is 23.3. The largest absolute Gasteiger partial charge is 0.371 e. The Hall–Kier alpha value is -1.90. The van der Waals surface area contributed by atoms with Crippen molar-refractivity contribution in [1.29, 1.82) is 0 Å². The van der Waals surface area contributed by atoms with E-state index in [0.29, 0.717) is 12.3 Å². The maximum atomic E-state index is 11.3. The molecule has 1 aromatic carbocycles. The van der Waals surface area contributed by atoms with Crippen LogP contribution in [0.3, 0.4) is 0 Å². The molecule has 0 aliphatic carbocycles. The molecule has 0 amide bonds. The number of sulfonamides is 1. The third kappa shape index (κ3) is 4.72. The average Bonchev–Trinajstić information content (AvgIpc) is 3.01. The summed E-state index contributed by atoms with van der Waals surface area (Å²) in [5.74, 6) is 0.478. The van der Waals surface area contributed by atoms with Gasteiger partial charge in [-0.3, -0.25) is 0 Å². The minimum absolute atomic E-state index is 0.0735. The van der Waals surface area contributed by atoms with Crippen LogP contribution in [-0.2, 0) is 10.0 Å². The lowest BCUT2D eigenvalue weighted by Crippen LogP contribution is -2.34. The zero-order valence-electron chi connectivity index (χ0n) is 19.2. The van der Waals surface area contributed by atoms with Crippen molar-refractivity contribution >= 4 is 42.7 Å². The van der Waals surface area contributed by atoms with Gasteiger partial charge >= 0.3 is 0 Å². The number of primary sulfonamides is 1. The number of nitrogens with zero attached hydrogens (tertiary/aromatic N) is 3. The number of hydrogen-bond donors (Lipinski definition) is 1. The molecule has 0 unspecified atom stereocenters. The highest BCUT2D eigenvalue weighted by molar-refractivity contribution is 9.10. The number of halogens is 1. The summed E-state index contributed by atoms with van der Waals surface area (Å²) in [5, 5.41) is 6.39. The molecule has 3 aromatic rings. The van der Waals surface area contributed by atoms with Crippen molar-refractivity contribution in [2.75, 3.05) is 23.7 Å². The fraction of sp³-hybridized carbons (Fsp3) is 0.458. The van der Waals surface area contributed by atoms with E-state index in [-0.39, 0.29) is 5.75 Å². The zero-order chi connectivity index (χ0) is 23.2. The molecule has 1 aliphatic heterocycles. The van der Waals surface area contributed by atoms with Crippen molar-refractivity contribution in [3.8, 4) is 5.69 Å². The Morgan fingerprint density at radius 2 is 1.69 bits per heavy atom. The molecule has 0 spiro atoms. The lowest BCUT2D eigenvalue weighted by atomic mass is 9.93. The summed E-state index contributed by atoms with van der Waals surface area (Å²) in [6.45, 7) is 10.3. The third-order valence-electron chi connectivity index (χ3n) is 6.52. The molecule has 2 N–H and O–H groups in total. The second-order valence-electron chi connectivity index (χ2n) is 9.14. The Labute approximate surface area is 199 Å². The smallest absolute Gasteiger partial charge is 0.209 e. The molecule has 0 saturated carbocycles. The first-order valence-electron chi connectivity index (χ1n) is 11.1. The van der Waals surface area contributed by atoms with E-state index < -0.39 is 10.0 Å². The van der Waals surface area contributed by atoms with Gasteiger partial charge in [0.05, 0.1) is 11.4 Å². The van der Waals surface area contributed by atoms with Crippen LogP contribution in [0.2, 0.25) is 0 Å². The number of hydrogen-bond acceptors (Lipinski definition) is 4. The van der Waals surface area contributed by atoms with Crippen molar-refractivity contribution in [2.45, 2.75) is 47.0 Å². The number of fused-ring (bicyclic) bond motifs is 1. The number of rotatable bonds is 5. The minimum atomic E-state index is -3.39. The number of benzene rings is 1. The molecule has 172 valence electrons. The summed E-state index contributed by atoms with van der Waals surface area (Å²) in [4.78, 5) is 7.38. The topological polar surface area (TPSA) is 81.2 Å². The lowest BCUT2D eigenvalue weighted by Gasteiger charge is -2.34. The Morgan fingerprint density at radius 1 is 1.06 bits per heavy atom. The summed E-state index contributed by atoms with van der Waals surface area (Å²) < 4.78 is 26.0. The Bertz CT molecular complexity index is 1250. The second-order valence-corrected chi connectivity index (χ2v) is 11.8. The van der Waals surface area contributed by atoms with Crippen molar-refractivity contribution in [2.24, 2.45) is 11.1 Å². The molecular weight excluding hydrogens is 488 g/mol. The van der Waals surface area contributed by atoms with Gasteiger partial charge < -0.3 is 9.47 Å². The van der Waals surface area contributed by atoms with Crippen molar-refractivity contribution in [3.63, 3.8) is 0 Å². The fourth-order valence-electron chi connectivity index (χ4n) is 5.01. The van der Waals surface area contributed by atoms with E-state index >= 15 is 0 Å². The van der Waals surface area contributed by atoms with Crippen LogP contribution in [0.4, 0.5) is 5.69 Å². The molecule has 1 fully saturated rings. The first-order chi connectivity index (χ1) is 15.0. The summed E-state index contributed by atoms with van der Waals surface area (Å²) in [5.41, 5.74) is 8.00. The first-order valence-corrected chi connectivity index (χ1v) is 13.6. The van der Waals surface area contributed by atoms with E-state index in [1.165, 1.54) is 33.5 Å². The lowest BCUT2D eigenvalue weighted by molar-refractivity contribution is 0.395. The molecule has 0 bridgehead atoms. The molecule has 8 heteroatoms. The van der Waals surface area contributed by atoms with Gasteiger partial charge in [-0.15, -0.1) is 0 Å². The predicted molar refractivity (Wildman–Crippen MR) is 135 cm³/mol. The van der Waals surface area contributed by atoms with E-state index in [1.807, 2.05) is 0 Å². The molecule has 0 radical (unpaired) electrons. The third-order valence-corrected chi connectivity index (χ3v) is 7.78. The van der Waals surface area contributed by atoms with E-state index in [0.717, 1.165) is 41.7 Å². The van der Waals surface area contributed by atoms with E-state index in [2.05, 4.69) is 77.5 Å². The van der Waals surface area contributed by atoms with Crippen LogP contribution in [0.5, 0.6) is 0 Å². The number of aryl methyl sites for hydroxylation is 4. The van der Waals surface area contributed by atoms with Gasteiger partial charge in [0.25, 0.3) is 0 Å². The summed E-state index contributed by atoms with van der Waals surface area (Å²) in [6.07, 6.45) is 4.80. The number of aromatic nitrogens is 2. The molecule has 32 heavy (non-hydrogen) atoms. The van der Waals surface area contributed by atoms with Gasteiger partial charge in [0.2, 0.25) is 10.0 Å². The quantitative estimate of drug-likeness (QED) is 0.519. The standard InChI is InChI=1S/C24H31BrN4O2S/c1-15-11-20(25)12-16(2)23(15)29-14-17(3)22-21(13-18(4)27-24(22)29)28-8-5-19(6-9-28)7-10-32(26,30)31/h11-14,19H,5-10H2,1-4H3,(H2,26,30,31). The SMILES string of the molecule is Cc1cc(N2CCC(CCS(N)(=O)=O)CC2)c2c(C)cn(-c3c(C)cc(Br)cc3C)c2n1. The summed E-state index contributed by atoms with van der Waals surface area (Å²) in [7, 11) is -3.39. The number of anilines is 1. The van der Waals surface area contributed by atoms with Gasteiger partial charge in [-0.25, -0.2) is 18.5 Å². The Kier molecular flexibility index (Phi) is 6.40. The summed E-state index contributed by atoms with van der Waals surface area (Å²) in [6, 6.07) is 6.48. The van der Waals surface area contributed by atoms with Crippen molar-refractivity contribution in [3.05, 3.63) is 51.3 Å². The number of nitrogens with two attached hydrogens (primary N) is 1. The highest BCUT2D eigenvalue weighted by atomic mass is 79.9. The summed E-state index contributed by atoms with van der Waals surface area (Å²) >= 11 is 3.60. The van der Waals surface area contributed by atoms with Crippen LogP contribution in [0.15, 0.2) is 28.9 Å². The van der Waals surface area contributed by atoms with Crippen LogP contribution in [-0.4, -0.2) is 36.8 Å². The van der Waals surface area contributed by atoms with E-state index in [9.17, 15) is 8.42 Å². The van der Waals surface area contributed by atoms with Crippen molar-refractivity contribution in [1.82, 2.24) is 9.55 Å². The molecule has 6 nitrogen and oxygen atoms in total. The predicted octanol–water partition coefficient (Wildman–Crippen LogP) is 4.92. The molecule has 4 rings (SSSR count). The molecular formula is C24H31BrN4O2S. The average molecular weight is 520 g/mol. The van der Waals surface area contributed by atoms with Crippen LogP contribution in [0, 0.1) is 33.6 Å². The van der Waals surface area contributed by atoms with Gasteiger partial charge in [0, 0.05) is 40.5 Å². The molecule has 0 atom stereocenters. The van der Waals surface area contributed by atoms with Gasteiger partial charge in [-0.05, 0) is 87.8 Å². The van der Waals surface area contributed by atoms with Crippen LogP contribution < -0.4 is 10.0 Å². The van der Waals surface area contributed by atoms with Crippen molar-refractivity contribution < 1.29 is 8.42 Å². The number of piperidine rings is 1. The van der Waals surface area contributed by atoms with Crippen LogP contribution in [0.1, 0.15) is 41.6 Å². The van der Waals surface area contributed by atoms with Crippen LogP contribution >= 0.6 is 15.9 Å². The highest BCUT2D eigenvalue weighted by Crippen LogP contribution is 2.36. The maximum Gasteiger partial charge on any atom is 0.209 e. The Balaban J connectivity index is 1.70. The monoisotopic (exact) mass is 518 g/mol. The van der Waals surface area contributed by atoms with Gasteiger partial charge in [0.15, 0.2) is 0 Å². The van der Waals surface area contributed by atoms with Gasteiger partial charge in [-0.1, -0.05) is 15.9 Å². The molecule has 3 heterocycles. The molecule has 1 saturated heterocycles.